The van der Waals surface area contributed by atoms with Crippen LogP contribution in [-0.4, -0.2) is 37.3 Å². The molecule has 3 saturated heterocycles. The number of ether oxygens (including phenoxy) is 1. The topological polar surface area (TPSA) is 9.23 Å². The van der Waals surface area contributed by atoms with Crippen LogP contribution < -0.4 is 0 Å². The number of likely N-dealkylation sites (N-methyl/N-ethyl adjacent to an activating group) is 1. The van der Waals surface area contributed by atoms with E-state index in [4.69, 9.17) is 4.74 Å². The monoisotopic (exact) mass is 273 g/mol. The van der Waals surface area contributed by atoms with Crippen LogP contribution in [0.15, 0.2) is 0 Å². The minimum Gasteiger partial charge on any atom is -0.546 e. The van der Waals surface area contributed by atoms with Crippen molar-refractivity contribution in [1.29, 1.82) is 0 Å². The van der Waals surface area contributed by atoms with Crippen LogP contribution in [0.3, 0.4) is 0 Å². The Morgan fingerprint density at radius 2 is 1.86 bits per heavy atom. The Labute approximate surface area is 114 Å². The van der Waals surface area contributed by atoms with E-state index in [1.807, 2.05) is 13.5 Å². The number of nitrogens with zero attached hydrogens (tertiary/aromatic N) is 1. The molecule has 0 amide bonds. The van der Waals surface area contributed by atoms with E-state index in [0.29, 0.717) is 6.10 Å². The summed E-state index contributed by atoms with van der Waals surface area (Å²) >= 11 is 0. The fourth-order valence-electron chi connectivity index (χ4n) is 2.68. The minimum absolute atomic E-state index is 0. The zero-order valence-corrected chi connectivity index (χ0v) is 12.5. The average Bonchev–Trinajstić information content (AvgIpc) is 2.05. The Morgan fingerprint density at radius 3 is 2.29 bits per heavy atom. The van der Waals surface area contributed by atoms with Crippen LogP contribution in [0.2, 0.25) is 0 Å². The predicted molar refractivity (Wildman–Crippen MR) is 54.8 cm³/mol. The second-order valence-electron chi connectivity index (χ2n) is 4.50. The summed E-state index contributed by atoms with van der Waals surface area (Å²) in [5.41, 5.74) is 0. The molecule has 0 aromatic carbocycles. The summed E-state index contributed by atoms with van der Waals surface area (Å²) < 4.78 is 6.89. The van der Waals surface area contributed by atoms with Gasteiger partial charge in [-0.05, 0) is 5.92 Å². The standard InChI is InChI=1S/C10H19NO.CH3.Y/c1-3-12-10-8-11(2)6-4-9(10)5-7-11;;/h3,9-10H,4-8H2,1-2H3;1H3;/q;-1;. The van der Waals surface area contributed by atoms with Crippen molar-refractivity contribution in [1.82, 2.24) is 0 Å². The third-order valence-corrected chi connectivity index (χ3v) is 3.54. The molecule has 1 atom stereocenters. The molecule has 3 aliphatic rings. The van der Waals surface area contributed by atoms with Crippen LogP contribution in [0.1, 0.15) is 19.8 Å². The predicted octanol–water partition coefficient (Wildman–Crippen LogP) is 1.87. The van der Waals surface area contributed by atoms with E-state index in [0.717, 1.165) is 5.92 Å². The Morgan fingerprint density at radius 1 is 1.29 bits per heavy atom. The van der Waals surface area contributed by atoms with Crippen molar-refractivity contribution in [2.75, 3.05) is 26.7 Å². The van der Waals surface area contributed by atoms with Crippen LogP contribution >= 0.6 is 0 Å². The van der Waals surface area contributed by atoms with Crippen molar-refractivity contribution < 1.29 is 41.9 Å². The first-order valence-electron chi connectivity index (χ1n) is 5.00. The molecule has 3 rings (SSSR count). The van der Waals surface area contributed by atoms with Crippen molar-refractivity contribution in [3.63, 3.8) is 0 Å². The average molecular weight is 273 g/mol. The summed E-state index contributed by atoms with van der Waals surface area (Å²) in [5, 5.41) is 0. The van der Waals surface area contributed by atoms with Gasteiger partial charge in [0.1, 0.15) is 6.54 Å². The number of piperidine rings is 3. The molecule has 0 aliphatic carbocycles. The van der Waals surface area contributed by atoms with Crippen LogP contribution in [-0.2, 0) is 37.4 Å². The fraction of sp³-hybridized carbons (Fsp3) is 0.818. The second kappa shape index (κ2) is 5.93. The number of fused-ring (bicyclic) bond motifs is 3. The molecule has 3 heterocycles. The molecule has 81 valence electrons. The van der Waals surface area contributed by atoms with Gasteiger partial charge in [-0.25, -0.2) is 6.61 Å². The van der Waals surface area contributed by atoms with Crippen molar-refractivity contribution in [3.05, 3.63) is 14.0 Å². The van der Waals surface area contributed by atoms with E-state index in [-0.39, 0.29) is 40.1 Å². The molecule has 3 heteroatoms. The molecule has 0 saturated carbocycles. The summed E-state index contributed by atoms with van der Waals surface area (Å²) in [7, 11) is 2.36. The number of rotatable bonds is 2. The molecule has 0 spiro atoms. The maximum atomic E-state index is 5.64. The molecular formula is C11H22NOY-. The van der Waals surface area contributed by atoms with Gasteiger partial charge in [0.15, 0.2) is 0 Å². The third kappa shape index (κ3) is 3.01. The number of hydrogen-bond acceptors (Lipinski definition) is 1. The Balaban J connectivity index is 0.000000845. The Hall–Kier alpha value is 1.02. The molecule has 0 N–H and O–H groups in total. The number of hydrogen-bond donors (Lipinski definition) is 0. The van der Waals surface area contributed by atoms with Gasteiger partial charge in [-0.1, -0.05) is 0 Å². The van der Waals surface area contributed by atoms with E-state index < -0.39 is 0 Å². The van der Waals surface area contributed by atoms with Gasteiger partial charge in [-0.2, -0.15) is 6.92 Å². The van der Waals surface area contributed by atoms with E-state index in [1.54, 1.807) is 0 Å². The van der Waals surface area contributed by atoms with Gasteiger partial charge in [-0.15, -0.1) is 0 Å². The van der Waals surface area contributed by atoms with Crippen LogP contribution in [0.5, 0.6) is 0 Å². The van der Waals surface area contributed by atoms with Gasteiger partial charge >= 0.3 is 0 Å². The number of quaternary nitrogens is 1. The van der Waals surface area contributed by atoms with Crippen molar-refractivity contribution in [2.45, 2.75) is 25.9 Å². The van der Waals surface area contributed by atoms with Gasteiger partial charge in [0.25, 0.3) is 0 Å². The van der Waals surface area contributed by atoms with Gasteiger partial charge in [0, 0.05) is 45.6 Å². The van der Waals surface area contributed by atoms with E-state index >= 15 is 0 Å². The smallest absolute Gasteiger partial charge is 0.102 e. The zero-order chi connectivity index (χ0) is 8.60. The summed E-state index contributed by atoms with van der Waals surface area (Å²) in [5.74, 6) is 0.848. The quantitative estimate of drug-likeness (QED) is 0.551. The maximum absolute atomic E-state index is 5.64. The zero-order valence-electron chi connectivity index (χ0n) is 9.70. The molecule has 1 unspecified atom stereocenters. The van der Waals surface area contributed by atoms with Crippen molar-refractivity contribution >= 4 is 0 Å². The van der Waals surface area contributed by atoms with Gasteiger partial charge in [0.2, 0.25) is 0 Å². The van der Waals surface area contributed by atoms with Crippen molar-refractivity contribution in [3.8, 4) is 0 Å². The summed E-state index contributed by atoms with van der Waals surface area (Å²) in [6, 6.07) is 0. The minimum atomic E-state index is 0. The fourth-order valence-corrected chi connectivity index (χ4v) is 2.68. The van der Waals surface area contributed by atoms with Gasteiger partial charge in [0.05, 0.1) is 26.2 Å². The molecule has 2 nitrogen and oxygen atoms in total. The Kier molecular flexibility index (Phi) is 6.37. The van der Waals surface area contributed by atoms with E-state index in [1.165, 1.54) is 37.0 Å². The van der Waals surface area contributed by atoms with Crippen molar-refractivity contribution in [2.24, 2.45) is 5.92 Å². The first-order chi connectivity index (χ1) is 5.73. The molecule has 3 fully saturated rings. The maximum Gasteiger partial charge on any atom is 0.102 e. The van der Waals surface area contributed by atoms with Crippen LogP contribution in [0.4, 0.5) is 0 Å². The first-order valence-corrected chi connectivity index (χ1v) is 5.00. The normalized spacial score (nSPS) is 39.9. The molecule has 0 aromatic rings. The van der Waals surface area contributed by atoms with Crippen LogP contribution in [0, 0.1) is 20.0 Å². The molecule has 14 heavy (non-hydrogen) atoms. The van der Waals surface area contributed by atoms with E-state index in [2.05, 4.69) is 7.05 Å². The molecular weight excluding hydrogens is 251 g/mol. The Bertz CT molecular complexity index is 167. The molecule has 3 aliphatic heterocycles. The SMILES string of the molecule is C[CH-]OC1C[N+]2(C)CCC1CC2.[CH3-].[Y]. The summed E-state index contributed by atoms with van der Waals surface area (Å²) in [4.78, 5) is 0. The van der Waals surface area contributed by atoms with Crippen LogP contribution in [0.25, 0.3) is 0 Å². The molecule has 1 radical (unpaired) electrons. The molecule has 2 bridgehead atoms. The van der Waals surface area contributed by atoms with Gasteiger partial charge < -0.3 is 16.6 Å². The summed E-state index contributed by atoms with van der Waals surface area (Å²) in [6.07, 6.45) is 3.26. The second-order valence-corrected chi connectivity index (χ2v) is 4.50. The first kappa shape index (κ1) is 15.0. The largest absolute Gasteiger partial charge is 0.546 e. The summed E-state index contributed by atoms with van der Waals surface area (Å²) in [6.45, 7) is 7.81. The third-order valence-electron chi connectivity index (χ3n) is 3.54. The molecule has 0 aromatic heterocycles. The van der Waals surface area contributed by atoms with Gasteiger partial charge in [-0.3, -0.25) is 0 Å². The van der Waals surface area contributed by atoms with E-state index in [9.17, 15) is 0 Å².